The van der Waals surface area contributed by atoms with Gasteiger partial charge in [0.05, 0.1) is 5.69 Å². The number of amides is 1. The number of methoxy groups -OCH3 is 1. The molecule has 2 aromatic rings. The van der Waals surface area contributed by atoms with Gasteiger partial charge in [0.1, 0.15) is 19.3 Å². The van der Waals surface area contributed by atoms with Crippen molar-refractivity contribution in [2.75, 3.05) is 39.9 Å². The fraction of sp³-hybridized carbons (Fsp3) is 0.471. The van der Waals surface area contributed by atoms with E-state index in [-0.39, 0.29) is 12.5 Å². The van der Waals surface area contributed by atoms with Gasteiger partial charge >= 0.3 is 0 Å². The maximum absolute atomic E-state index is 11.9. The third kappa shape index (κ3) is 4.18. The Morgan fingerprint density at radius 2 is 2.00 bits per heavy atom. The zero-order valence-electron chi connectivity index (χ0n) is 14.0. The van der Waals surface area contributed by atoms with Gasteiger partial charge in [0, 0.05) is 39.8 Å². The van der Waals surface area contributed by atoms with Gasteiger partial charge in [0.2, 0.25) is 5.91 Å². The molecule has 0 aliphatic carbocycles. The maximum Gasteiger partial charge on any atom is 0.248 e. The smallest absolute Gasteiger partial charge is 0.248 e. The largest absolute Gasteiger partial charge is 0.375 e. The van der Waals surface area contributed by atoms with Gasteiger partial charge in [-0.1, -0.05) is 12.1 Å². The summed E-state index contributed by atoms with van der Waals surface area (Å²) >= 11 is 0. The number of carbonyl (C=O) groups excluding carboxylic acids is 1. The Balaban J connectivity index is 1.55. The van der Waals surface area contributed by atoms with Crippen molar-refractivity contribution in [1.82, 2.24) is 24.6 Å². The minimum Gasteiger partial charge on any atom is -0.375 e. The minimum atomic E-state index is 0.0801. The molecule has 2 heterocycles. The maximum atomic E-state index is 11.9. The second-order valence-electron chi connectivity index (χ2n) is 5.95. The molecule has 0 atom stereocenters. The lowest BCUT2D eigenvalue weighted by molar-refractivity contribution is -0.135. The number of aromatic nitrogens is 3. The molecule has 3 rings (SSSR count). The summed E-state index contributed by atoms with van der Waals surface area (Å²) in [6.07, 6.45) is 4.21. The SMILES string of the molecule is COCC(=O)N1CCCN(Cc2ccc(-n3cncn3)cc2)CC1. The molecular formula is C17H23N5O2. The molecule has 0 bridgehead atoms. The highest BCUT2D eigenvalue weighted by atomic mass is 16.5. The van der Waals surface area contributed by atoms with Crippen LogP contribution in [0.3, 0.4) is 0 Å². The van der Waals surface area contributed by atoms with Crippen molar-refractivity contribution in [1.29, 1.82) is 0 Å². The van der Waals surface area contributed by atoms with Gasteiger partial charge in [-0.15, -0.1) is 0 Å². The van der Waals surface area contributed by atoms with Crippen LogP contribution in [-0.4, -0.2) is 70.4 Å². The monoisotopic (exact) mass is 329 g/mol. The molecule has 1 saturated heterocycles. The molecule has 0 saturated carbocycles. The zero-order chi connectivity index (χ0) is 16.8. The quantitative estimate of drug-likeness (QED) is 0.817. The predicted molar refractivity (Wildman–Crippen MR) is 89.7 cm³/mol. The van der Waals surface area contributed by atoms with E-state index in [1.165, 1.54) is 11.9 Å². The molecule has 128 valence electrons. The molecule has 0 radical (unpaired) electrons. The average molecular weight is 329 g/mol. The van der Waals surface area contributed by atoms with Crippen molar-refractivity contribution in [2.24, 2.45) is 0 Å². The Kier molecular flexibility index (Phi) is 5.55. The molecular weight excluding hydrogens is 306 g/mol. The van der Waals surface area contributed by atoms with Crippen LogP contribution in [0, 0.1) is 0 Å². The number of benzene rings is 1. The van der Waals surface area contributed by atoms with E-state index in [0.717, 1.165) is 44.8 Å². The van der Waals surface area contributed by atoms with Crippen LogP contribution in [0.25, 0.3) is 5.69 Å². The van der Waals surface area contributed by atoms with Crippen molar-refractivity contribution in [3.8, 4) is 5.69 Å². The lowest BCUT2D eigenvalue weighted by Crippen LogP contribution is -2.37. The highest BCUT2D eigenvalue weighted by Crippen LogP contribution is 2.12. The number of ether oxygens (including phenoxy) is 1. The van der Waals surface area contributed by atoms with Gasteiger partial charge in [-0.2, -0.15) is 5.10 Å². The number of hydrogen-bond acceptors (Lipinski definition) is 5. The van der Waals surface area contributed by atoms with E-state index < -0.39 is 0 Å². The third-order valence-corrected chi connectivity index (χ3v) is 4.23. The van der Waals surface area contributed by atoms with E-state index in [1.54, 1.807) is 18.1 Å². The predicted octanol–water partition coefficient (Wildman–Crippen LogP) is 0.948. The first-order valence-corrected chi connectivity index (χ1v) is 8.19. The molecule has 7 nitrogen and oxygen atoms in total. The molecule has 1 aromatic carbocycles. The average Bonchev–Trinajstić information content (AvgIpc) is 3.03. The molecule has 0 unspecified atom stereocenters. The summed E-state index contributed by atoms with van der Waals surface area (Å²) in [6, 6.07) is 8.35. The van der Waals surface area contributed by atoms with Crippen LogP contribution in [0.15, 0.2) is 36.9 Å². The van der Waals surface area contributed by atoms with Gasteiger partial charge in [0.15, 0.2) is 0 Å². The summed E-state index contributed by atoms with van der Waals surface area (Å²) in [5.41, 5.74) is 2.26. The van der Waals surface area contributed by atoms with Crippen molar-refractivity contribution in [3.63, 3.8) is 0 Å². The Morgan fingerprint density at radius 1 is 1.17 bits per heavy atom. The lowest BCUT2D eigenvalue weighted by atomic mass is 10.2. The minimum absolute atomic E-state index is 0.0801. The summed E-state index contributed by atoms with van der Waals surface area (Å²) in [6.45, 7) is 4.53. The van der Waals surface area contributed by atoms with Crippen molar-refractivity contribution in [3.05, 3.63) is 42.5 Å². The molecule has 0 spiro atoms. The fourth-order valence-corrected chi connectivity index (χ4v) is 2.95. The van der Waals surface area contributed by atoms with Crippen LogP contribution in [0.5, 0.6) is 0 Å². The Labute approximate surface area is 141 Å². The van der Waals surface area contributed by atoms with E-state index in [9.17, 15) is 4.79 Å². The molecule has 7 heteroatoms. The fourth-order valence-electron chi connectivity index (χ4n) is 2.95. The molecule has 1 aliphatic heterocycles. The number of carbonyl (C=O) groups is 1. The van der Waals surface area contributed by atoms with Crippen molar-refractivity contribution >= 4 is 5.91 Å². The summed E-state index contributed by atoms with van der Waals surface area (Å²) < 4.78 is 6.69. The molecule has 1 aromatic heterocycles. The van der Waals surface area contributed by atoms with Crippen molar-refractivity contribution < 1.29 is 9.53 Å². The first-order chi connectivity index (χ1) is 11.8. The van der Waals surface area contributed by atoms with E-state index >= 15 is 0 Å². The summed E-state index contributed by atoms with van der Waals surface area (Å²) in [4.78, 5) is 20.2. The zero-order valence-corrected chi connectivity index (χ0v) is 14.0. The van der Waals surface area contributed by atoms with Gasteiger partial charge in [-0.25, -0.2) is 9.67 Å². The first kappa shape index (κ1) is 16.6. The molecule has 1 amide bonds. The van der Waals surface area contributed by atoms with Gasteiger partial charge < -0.3 is 9.64 Å². The topological polar surface area (TPSA) is 63.5 Å². The second kappa shape index (κ2) is 8.03. The molecule has 1 fully saturated rings. The first-order valence-electron chi connectivity index (χ1n) is 8.19. The van der Waals surface area contributed by atoms with E-state index in [0.29, 0.717) is 0 Å². The lowest BCUT2D eigenvalue weighted by Gasteiger charge is -2.22. The normalized spacial score (nSPS) is 16.1. The molecule has 1 aliphatic rings. The molecule has 0 N–H and O–H groups in total. The van der Waals surface area contributed by atoms with Crippen LogP contribution in [-0.2, 0) is 16.1 Å². The summed E-state index contributed by atoms with van der Waals surface area (Å²) in [7, 11) is 1.56. The van der Waals surface area contributed by atoms with Crippen LogP contribution in [0.1, 0.15) is 12.0 Å². The standard InChI is InChI=1S/C17H23N5O2/c1-24-12-17(23)21-8-2-7-20(9-10-21)11-15-3-5-16(6-4-15)22-14-18-13-19-22/h3-6,13-14H,2,7-12H2,1H3. The number of rotatable bonds is 5. The van der Waals surface area contributed by atoms with Crippen LogP contribution in [0.2, 0.25) is 0 Å². The Bertz CT molecular complexity index is 642. The second-order valence-corrected chi connectivity index (χ2v) is 5.95. The van der Waals surface area contributed by atoms with Crippen LogP contribution in [0.4, 0.5) is 0 Å². The Morgan fingerprint density at radius 3 is 2.71 bits per heavy atom. The summed E-state index contributed by atoms with van der Waals surface area (Å²) in [5, 5.41) is 4.13. The number of hydrogen-bond donors (Lipinski definition) is 0. The van der Waals surface area contributed by atoms with E-state index in [4.69, 9.17) is 4.74 Å². The Hall–Kier alpha value is -2.25. The highest BCUT2D eigenvalue weighted by molar-refractivity contribution is 5.77. The van der Waals surface area contributed by atoms with Crippen molar-refractivity contribution in [2.45, 2.75) is 13.0 Å². The van der Waals surface area contributed by atoms with Crippen LogP contribution < -0.4 is 0 Å². The van der Waals surface area contributed by atoms with Gasteiger partial charge in [0.25, 0.3) is 0 Å². The number of nitrogens with zero attached hydrogens (tertiary/aromatic N) is 5. The third-order valence-electron chi connectivity index (χ3n) is 4.23. The molecule has 24 heavy (non-hydrogen) atoms. The summed E-state index contributed by atoms with van der Waals surface area (Å²) in [5.74, 6) is 0.0801. The van der Waals surface area contributed by atoms with Crippen LogP contribution >= 0.6 is 0 Å². The van der Waals surface area contributed by atoms with E-state index in [1.807, 2.05) is 4.90 Å². The highest BCUT2D eigenvalue weighted by Gasteiger charge is 2.18. The van der Waals surface area contributed by atoms with E-state index in [2.05, 4.69) is 39.2 Å². The van der Waals surface area contributed by atoms with Gasteiger partial charge in [-0.3, -0.25) is 9.69 Å². The van der Waals surface area contributed by atoms with Gasteiger partial charge in [-0.05, 0) is 24.1 Å².